The van der Waals surface area contributed by atoms with Gasteiger partial charge in [0.15, 0.2) is 0 Å². The highest BCUT2D eigenvalue weighted by molar-refractivity contribution is 6.05. The molecule has 2 aliphatic heterocycles. The van der Waals surface area contributed by atoms with Crippen molar-refractivity contribution in [3.63, 3.8) is 0 Å². The van der Waals surface area contributed by atoms with Crippen molar-refractivity contribution in [3.8, 4) is 0 Å². The number of aromatic nitrogens is 1. The first kappa shape index (κ1) is 23.5. The van der Waals surface area contributed by atoms with Crippen LogP contribution in [0.25, 0.3) is 0 Å². The van der Waals surface area contributed by atoms with Crippen LogP contribution < -0.4 is 16.2 Å². The van der Waals surface area contributed by atoms with E-state index in [9.17, 15) is 23.6 Å². The Hall–Kier alpha value is -4.27. The molecule has 1 aromatic heterocycles. The van der Waals surface area contributed by atoms with E-state index in [-0.39, 0.29) is 23.7 Å². The summed E-state index contributed by atoms with van der Waals surface area (Å²) >= 11 is 0. The fourth-order valence-electron chi connectivity index (χ4n) is 4.78. The van der Waals surface area contributed by atoms with Gasteiger partial charge in [0.05, 0.1) is 13.0 Å². The van der Waals surface area contributed by atoms with E-state index in [1.807, 2.05) is 36.4 Å². The zero-order chi connectivity index (χ0) is 25.2. The number of fused-ring (bicyclic) bond motifs is 1. The van der Waals surface area contributed by atoms with Crippen LogP contribution in [0, 0.1) is 5.82 Å². The second-order valence-corrected chi connectivity index (χ2v) is 9.11. The number of imide groups is 1. The minimum atomic E-state index is -0.882. The van der Waals surface area contributed by atoms with Crippen LogP contribution in [0.15, 0.2) is 65.5 Å². The average molecular weight is 489 g/mol. The number of hydrogen-bond acceptors (Lipinski definition) is 4. The first-order valence-electron chi connectivity index (χ1n) is 11.8. The van der Waals surface area contributed by atoms with Crippen molar-refractivity contribution in [2.75, 3.05) is 6.54 Å². The minimum absolute atomic E-state index is 0.105. The maximum atomic E-state index is 13.6. The molecule has 1 saturated heterocycles. The maximum absolute atomic E-state index is 13.6. The van der Waals surface area contributed by atoms with Gasteiger partial charge in [-0.1, -0.05) is 42.5 Å². The summed E-state index contributed by atoms with van der Waals surface area (Å²) in [5.41, 5.74) is 4.01. The summed E-state index contributed by atoms with van der Waals surface area (Å²) in [6.07, 6.45) is 0.782. The van der Waals surface area contributed by atoms with Crippen LogP contribution in [0.5, 0.6) is 0 Å². The van der Waals surface area contributed by atoms with E-state index >= 15 is 0 Å². The van der Waals surface area contributed by atoms with Gasteiger partial charge in [-0.2, -0.15) is 0 Å². The molecule has 1 fully saturated rings. The normalized spacial score (nSPS) is 16.9. The van der Waals surface area contributed by atoms with Gasteiger partial charge in [-0.05, 0) is 34.9 Å². The number of carbonyl (C=O) groups is 3. The number of rotatable bonds is 6. The molecular weight excluding hydrogens is 463 g/mol. The fourth-order valence-corrected chi connectivity index (χ4v) is 4.78. The van der Waals surface area contributed by atoms with Crippen molar-refractivity contribution >= 4 is 17.8 Å². The van der Waals surface area contributed by atoms with Crippen LogP contribution in [-0.4, -0.2) is 39.9 Å². The summed E-state index contributed by atoms with van der Waals surface area (Å²) in [5.74, 6) is -1.10. The zero-order valence-electron chi connectivity index (χ0n) is 19.5. The largest absolute Gasteiger partial charge is 0.338 e. The summed E-state index contributed by atoms with van der Waals surface area (Å²) in [5, 5.41) is 4.60. The first-order valence-corrected chi connectivity index (χ1v) is 11.8. The van der Waals surface area contributed by atoms with Crippen molar-refractivity contribution in [1.82, 2.24) is 20.1 Å². The molecule has 9 heteroatoms. The third-order valence-electron chi connectivity index (χ3n) is 6.63. The van der Waals surface area contributed by atoms with Gasteiger partial charge in [0, 0.05) is 37.2 Å². The molecule has 8 nitrogen and oxygen atoms in total. The second kappa shape index (κ2) is 9.77. The SMILES string of the molecule is O=C1NC(=O)C(CC(=O)N2CCc3c(cc(Cc4ccccc4)c(=O)n3Cc3ccc(F)cc3)C2)N1. The molecule has 184 valence electrons. The fraction of sp³-hybridized carbons (Fsp3) is 0.259. The van der Waals surface area contributed by atoms with E-state index in [1.165, 1.54) is 12.1 Å². The maximum Gasteiger partial charge on any atom is 0.322 e. The smallest absolute Gasteiger partial charge is 0.322 e. The summed E-state index contributed by atoms with van der Waals surface area (Å²) in [4.78, 5) is 51.4. The molecule has 3 heterocycles. The van der Waals surface area contributed by atoms with E-state index in [2.05, 4.69) is 10.6 Å². The number of nitrogens with one attached hydrogen (secondary N) is 2. The van der Waals surface area contributed by atoms with Gasteiger partial charge >= 0.3 is 6.03 Å². The van der Waals surface area contributed by atoms with Gasteiger partial charge < -0.3 is 14.8 Å². The number of benzene rings is 2. The molecule has 2 N–H and O–H groups in total. The van der Waals surface area contributed by atoms with Crippen LogP contribution in [0.2, 0.25) is 0 Å². The Morgan fingerprint density at radius 3 is 2.44 bits per heavy atom. The van der Waals surface area contributed by atoms with Crippen molar-refractivity contribution in [3.05, 3.63) is 105 Å². The highest BCUT2D eigenvalue weighted by Crippen LogP contribution is 2.22. The van der Waals surface area contributed by atoms with E-state index < -0.39 is 18.0 Å². The zero-order valence-corrected chi connectivity index (χ0v) is 19.5. The topological polar surface area (TPSA) is 101 Å². The molecule has 5 rings (SSSR count). The lowest BCUT2D eigenvalue weighted by Gasteiger charge is -2.31. The van der Waals surface area contributed by atoms with Crippen molar-refractivity contribution < 1.29 is 18.8 Å². The van der Waals surface area contributed by atoms with E-state index in [0.717, 1.165) is 22.4 Å². The molecule has 0 spiro atoms. The minimum Gasteiger partial charge on any atom is -0.338 e. The molecule has 2 aromatic carbocycles. The Kier molecular flexibility index (Phi) is 6.37. The Morgan fingerprint density at radius 1 is 1.00 bits per heavy atom. The van der Waals surface area contributed by atoms with E-state index in [1.54, 1.807) is 21.6 Å². The molecule has 3 aromatic rings. The lowest BCUT2D eigenvalue weighted by molar-refractivity contribution is -0.134. The van der Waals surface area contributed by atoms with Gasteiger partial charge in [-0.25, -0.2) is 9.18 Å². The van der Waals surface area contributed by atoms with Crippen LogP contribution in [0.1, 0.15) is 34.4 Å². The van der Waals surface area contributed by atoms with Gasteiger partial charge in [-0.15, -0.1) is 0 Å². The number of amides is 4. The van der Waals surface area contributed by atoms with Crippen LogP contribution >= 0.6 is 0 Å². The van der Waals surface area contributed by atoms with Crippen LogP contribution in [0.4, 0.5) is 9.18 Å². The van der Waals surface area contributed by atoms with Gasteiger partial charge in [0.25, 0.3) is 11.5 Å². The lowest BCUT2D eigenvalue weighted by atomic mass is 9.98. The second-order valence-electron chi connectivity index (χ2n) is 9.11. The Balaban J connectivity index is 1.45. The van der Waals surface area contributed by atoms with Crippen molar-refractivity contribution in [1.29, 1.82) is 0 Å². The Morgan fingerprint density at radius 2 is 1.75 bits per heavy atom. The number of urea groups is 1. The molecule has 1 unspecified atom stereocenters. The van der Waals surface area contributed by atoms with E-state index in [4.69, 9.17) is 0 Å². The van der Waals surface area contributed by atoms with E-state index in [0.29, 0.717) is 38.0 Å². The highest BCUT2D eigenvalue weighted by atomic mass is 19.1. The predicted molar refractivity (Wildman–Crippen MR) is 130 cm³/mol. The molecule has 36 heavy (non-hydrogen) atoms. The first-order chi connectivity index (χ1) is 17.4. The third kappa shape index (κ3) is 4.91. The summed E-state index contributed by atoms with van der Waals surface area (Å²) in [7, 11) is 0. The molecule has 0 saturated carbocycles. The number of nitrogens with zero attached hydrogens (tertiary/aromatic N) is 2. The molecule has 2 aliphatic rings. The van der Waals surface area contributed by atoms with Crippen LogP contribution in [0.3, 0.4) is 0 Å². The van der Waals surface area contributed by atoms with Crippen molar-refractivity contribution in [2.24, 2.45) is 0 Å². The average Bonchev–Trinajstić information content (AvgIpc) is 3.19. The molecule has 0 radical (unpaired) electrons. The summed E-state index contributed by atoms with van der Waals surface area (Å²) < 4.78 is 15.2. The number of pyridine rings is 1. The van der Waals surface area contributed by atoms with Gasteiger partial charge in [0.2, 0.25) is 5.91 Å². The summed E-state index contributed by atoms with van der Waals surface area (Å²) in [6, 6.07) is 16.1. The van der Waals surface area contributed by atoms with Crippen LogP contribution in [-0.2, 0) is 35.5 Å². The Bertz CT molecular complexity index is 1390. The monoisotopic (exact) mass is 488 g/mol. The molecule has 0 aliphatic carbocycles. The highest BCUT2D eigenvalue weighted by Gasteiger charge is 2.34. The quantitative estimate of drug-likeness (QED) is 0.519. The molecule has 1 atom stereocenters. The van der Waals surface area contributed by atoms with Gasteiger partial charge in [0.1, 0.15) is 11.9 Å². The van der Waals surface area contributed by atoms with Gasteiger partial charge in [-0.3, -0.25) is 19.7 Å². The Labute approximate surface area is 206 Å². The predicted octanol–water partition coefficient (Wildman–Crippen LogP) is 2.11. The third-order valence-corrected chi connectivity index (χ3v) is 6.63. The number of halogens is 1. The molecule has 0 bridgehead atoms. The molecule has 4 amide bonds. The number of carbonyl (C=O) groups excluding carboxylic acids is 3. The van der Waals surface area contributed by atoms with Crippen molar-refractivity contribution in [2.45, 2.75) is 38.4 Å². The standard InChI is InChI=1S/C27H25FN4O4/c28-21-8-6-18(7-9-21)15-32-23-10-11-31(24(33)14-22-25(34)30-27(36)29-22)16-20(23)13-19(26(32)35)12-17-4-2-1-3-5-17/h1-9,13,22H,10-12,14-16H2,(H2,29,30,34,36). The molecular formula is C27H25FN4O4. The summed E-state index contributed by atoms with van der Waals surface area (Å²) in [6.45, 7) is 0.975. The number of hydrogen-bond donors (Lipinski definition) is 2. The lowest BCUT2D eigenvalue weighted by Crippen LogP contribution is -2.43.